The fourth-order valence-corrected chi connectivity index (χ4v) is 7.70. The Bertz CT molecular complexity index is 3510. The molecule has 0 fully saturated rings. The predicted octanol–water partition coefficient (Wildman–Crippen LogP) is 12.6. The number of ketones is 2. The SMILES string of the molecule is Cc1ccc(C#Cc2cccc(C#Cc3ccc(C(F)(F)F)cc3CC#N)c2)c(CC#N)c1.[C-]#[N+]C1=C(c2cccc(C3=C(C#N)c4cc(C)ccc4C3=O)c2)C(=O)c2ccc(C(F)(F)F)cc21. The van der Waals surface area contributed by atoms with Crippen molar-refractivity contribution in [1.29, 1.82) is 15.8 Å². The molecule has 0 atom stereocenters. The fourth-order valence-electron chi connectivity index (χ4n) is 7.70. The zero-order valence-electron chi connectivity index (χ0n) is 35.8. The predicted molar refractivity (Wildman–Crippen MR) is 243 cm³/mol. The van der Waals surface area contributed by atoms with Crippen molar-refractivity contribution in [2.75, 3.05) is 0 Å². The number of allylic oxidation sites excluding steroid dienone is 3. The van der Waals surface area contributed by atoms with Crippen LogP contribution in [0.5, 0.6) is 0 Å². The third kappa shape index (κ3) is 9.73. The Morgan fingerprint density at radius 3 is 1.63 bits per heavy atom. The number of hydrogen-bond donors (Lipinski definition) is 0. The van der Waals surface area contributed by atoms with Gasteiger partial charge in [0.05, 0.1) is 48.3 Å². The van der Waals surface area contributed by atoms with Crippen LogP contribution in [0.1, 0.15) is 98.6 Å². The molecule has 2 aliphatic rings. The second kappa shape index (κ2) is 19.1. The number of alkyl halides is 6. The van der Waals surface area contributed by atoms with Crippen LogP contribution in [0.2, 0.25) is 0 Å². The Morgan fingerprint density at radius 2 is 1.03 bits per heavy atom. The summed E-state index contributed by atoms with van der Waals surface area (Å²) in [7, 11) is 0. The van der Waals surface area contributed by atoms with Gasteiger partial charge in [-0.2, -0.15) is 42.1 Å². The van der Waals surface area contributed by atoms with Crippen LogP contribution in [0, 0.1) is 78.1 Å². The van der Waals surface area contributed by atoms with Crippen LogP contribution >= 0.6 is 0 Å². The van der Waals surface area contributed by atoms with Crippen LogP contribution < -0.4 is 0 Å². The van der Waals surface area contributed by atoms with E-state index >= 15 is 0 Å². The molecule has 0 amide bonds. The molecule has 328 valence electrons. The molecule has 2 aliphatic carbocycles. The van der Waals surface area contributed by atoms with Crippen molar-refractivity contribution in [3.8, 4) is 41.9 Å². The molecule has 0 bridgehead atoms. The molecule has 0 heterocycles. The summed E-state index contributed by atoms with van der Waals surface area (Å²) in [6, 6.07) is 36.5. The number of carbonyl (C=O) groups is 2. The molecule has 68 heavy (non-hydrogen) atoms. The number of benzene rings is 6. The van der Waals surface area contributed by atoms with Crippen LogP contribution in [0.25, 0.3) is 27.3 Å². The van der Waals surface area contributed by atoms with Crippen molar-refractivity contribution in [2.24, 2.45) is 0 Å². The summed E-state index contributed by atoms with van der Waals surface area (Å²) >= 11 is 0. The normalized spacial score (nSPS) is 12.5. The van der Waals surface area contributed by atoms with Gasteiger partial charge in [-0.1, -0.05) is 95.5 Å². The molecule has 6 nitrogen and oxygen atoms in total. The van der Waals surface area contributed by atoms with E-state index in [2.05, 4.69) is 40.7 Å². The van der Waals surface area contributed by atoms with Crippen molar-refractivity contribution in [1.82, 2.24) is 0 Å². The van der Waals surface area contributed by atoms with Crippen molar-refractivity contribution >= 4 is 34.0 Å². The number of rotatable bonds is 4. The van der Waals surface area contributed by atoms with Gasteiger partial charge in [0.15, 0.2) is 11.6 Å². The minimum Gasteiger partial charge on any atom is -0.290 e. The second-order valence-corrected chi connectivity index (χ2v) is 15.5. The first-order valence-corrected chi connectivity index (χ1v) is 20.4. The lowest BCUT2D eigenvalue weighted by molar-refractivity contribution is -0.138. The van der Waals surface area contributed by atoms with Gasteiger partial charge in [0.1, 0.15) is 6.07 Å². The first-order valence-electron chi connectivity index (χ1n) is 20.4. The van der Waals surface area contributed by atoms with E-state index in [4.69, 9.17) is 17.1 Å². The van der Waals surface area contributed by atoms with Crippen LogP contribution in [-0.4, -0.2) is 11.6 Å². The van der Waals surface area contributed by atoms with Crippen LogP contribution in [0.4, 0.5) is 26.3 Å². The number of fused-ring (bicyclic) bond motifs is 2. The Kier molecular flexibility index (Phi) is 13.1. The monoisotopic (exact) mass is 904 g/mol. The van der Waals surface area contributed by atoms with Gasteiger partial charge in [-0.05, 0) is 102 Å². The highest BCUT2D eigenvalue weighted by atomic mass is 19.4. The molecule has 6 aromatic rings. The summed E-state index contributed by atoms with van der Waals surface area (Å²) in [6.45, 7) is 11.4. The summed E-state index contributed by atoms with van der Waals surface area (Å²) in [5.41, 5.74) is 5.54. The molecule has 0 saturated carbocycles. The Balaban J connectivity index is 0.000000202. The molecule has 8 rings (SSSR count). The first kappa shape index (κ1) is 46.8. The number of Topliss-reactive ketones (excluding diaryl/α,β-unsaturated/α-hetero) is 2. The maximum absolute atomic E-state index is 13.2. The van der Waals surface area contributed by atoms with Gasteiger partial charge < -0.3 is 0 Å². The van der Waals surface area contributed by atoms with Gasteiger partial charge in [0.2, 0.25) is 5.70 Å². The highest BCUT2D eigenvalue weighted by Crippen LogP contribution is 2.44. The third-order valence-electron chi connectivity index (χ3n) is 10.9. The van der Waals surface area contributed by atoms with Crippen molar-refractivity contribution in [3.63, 3.8) is 0 Å². The number of nitriles is 3. The molecule has 0 saturated heterocycles. The molecule has 0 radical (unpaired) electrons. The zero-order chi connectivity index (χ0) is 48.9. The summed E-state index contributed by atoms with van der Waals surface area (Å²) < 4.78 is 78.6. The molecule has 0 aliphatic heterocycles. The quantitative estimate of drug-likeness (QED) is 0.0994. The summed E-state index contributed by atoms with van der Waals surface area (Å²) in [6.07, 6.45) is -8.99. The van der Waals surface area contributed by atoms with E-state index in [0.717, 1.165) is 58.1 Å². The highest BCUT2D eigenvalue weighted by molar-refractivity contribution is 6.42. The molecular formula is C56H30F6N4O2. The molecular weight excluding hydrogens is 875 g/mol. The van der Waals surface area contributed by atoms with Gasteiger partial charge >= 0.3 is 12.4 Å². The molecule has 6 aromatic carbocycles. The van der Waals surface area contributed by atoms with Crippen molar-refractivity contribution < 1.29 is 35.9 Å². The van der Waals surface area contributed by atoms with Crippen LogP contribution in [-0.2, 0) is 25.2 Å². The van der Waals surface area contributed by atoms with E-state index in [1.54, 1.807) is 54.6 Å². The molecule has 12 heteroatoms. The summed E-state index contributed by atoms with van der Waals surface area (Å²) in [5.74, 6) is 11.1. The fraction of sp³-hybridized carbons (Fsp3) is 0.107. The summed E-state index contributed by atoms with van der Waals surface area (Å²) in [5, 5.41) is 27.8. The van der Waals surface area contributed by atoms with E-state index in [9.17, 15) is 41.2 Å². The van der Waals surface area contributed by atoms with Gasteiger partial charge in [0, 0.05) is 50.1 Å². The van der Waals surface area contributed by atoms with E-state index in [-0.39, 0.29) is 63.3 Å². The Labute approximate surface area is 387 Å². The molecule has 0 spiro atoms. The molecule has 0 unspecified atom stereocenters. The average Bonchev–Trinajstić information content (AvgIpc) is 3.76. The lowest BCUT2D eigenvalue weighted by atomic mass is 9.94. The maximum Gasteiger partial charge on any atom is 0.416 e. The van der Waals surface area contributed by atoms with E-state index < -0.39 is 29.3 Å². The lowest BCUT2D eigenvalue weighted by Crippen LogP contribution is -2.06. The third-order valence-corrected chi connectivity index (χ3v) is 10.9. The number of nitrogens with zero attached hydrogens (tertiary/aromatic N) is 4. The van der Waals surface area contributed by atoms with Crippen molar-refractivity contribution in [3.05, 3.63) is 222 Å². The van der Waals surface area contributed by atoms with Crippen LogP contribution in [0.3, 0.4) is 0 Å². The van der Waals surface area contributed by atoms with E-state index in [0.29, 0.717) is 27.8 Å². The van der Waals surface area contributed by atoms with Gasteiger partial charge in [-0.25, -0.2) is 4.85 Å². The van der Waals surface area contributed by atoms with Gasteiger partial charge in [0.25, 0.3) is 0 Å². The first-order chi connectivity index (χ1) is 32.4. The number of aryl methyl sites for hydroxylation is 2. The van der Waals surface area contributed by atoms with E-state index in [1.165, 1.54) is 12.1 Å². The topological polar surface area (TPSA) is 110 Å². The van der Waals surface area contributed by atoms with E-state index in [1.807, 2.05) is 44.2 Å². The highest BCUT2D eigenvalue weighted by Gasteiger charge is 2.37. The second-order valence-electron chi connectivity index (χ2n) is 15.5. The maximum atomic E-state index is 13.2. The largest absolute Gasteiger partial charge is 0.416 e. The smallest absolute Gasteiger partial charge is 0.290 e. The minimum atomic E-state index is -4.62. The average molecular weight is 905 g/mol. The Morgan fingerprint density at radius 1 is 0.529 bits per heavy atom. The van der Waals surface area contributed by atoms with Crippen LogP contribution in [0.15, 0.2) is 121 Å². The number of hydrogen-bond acceptors (Lipinski definition) is 5. The van der Waals surface area contributed by atoms with Gasteiger partial charge in [-0.15, -0.1) is 0 Å². The molecule has 0 N–H and O–H groups in total. The van der Waals surface area contributed by atoms with Gasteiger partial charge in [-0.3, -0.25) is 9.59 Å². The summed E-state index contributed by atoms with van der Waals surface area (Å²) in [4.78, 5) is 29.7. The Hall–Kier alpha value is -9.20. The molecule has 0 aromatic heterocycles. The number of halogens is 6. The lowest BCUT2D eigenvalue weighted by Gasteiger charge is -2.09. The van der Waals surface area contributed by atoms with Crippen molar-refractivity contribution in [2.45, 2.75) is 39.0 Å². The number of carbonyl (C=O) groups excluding carboxylic acids is 2. The zero-order valence-corrected chi connectivity index (χ0v) is 35.8. The standard InChI is InChI=1S/C28H13F3N2O2.C28H17F3N2/c1-14-6-8-18-20(10-14)22(13-32)23(26(18)34)15-4-3-5-16(11-15)24-25(33-2)21-12-17(28(29,30)31)7-9-19(21)27(24)35;1-20-5-8-23(25(17-20)13-15-32)9-6-21-3-2-4-22(18-21)7-10-24-11-12-27(28(29,30)31)19-26(24)14-16-33/h3-12H,1H3;2-5,8,11-12,17-19H,13-14H2,1H3. The minimum absolute atomic E-state index is 0.0150.